The van der Waals surface area contributed by atoms with Crippen LogP contribution in [0.3, 0.4) is 0 Å². The second-order valence-corrected chi connectivity index (χ2v) is 6.95. The highest BCUT2D eigenvalue weighted by molar-refractivity contribution is 5.88. The van der Waals surface area contributed by atoms with Gasteiger partial charge in [-0.3, -0.25) is 10.1 Å². The quantitative estimate of drug-likeness (QED) is 0.868. The summed E-state index contributed by atoms with van der Waals surface area (Å²) in [7, 11) is 1.51. The standard InChI is InChI=1S/C18H27N5O3/c1-26-16-8-7-15(20-21-16)19-18(25)23-12-10-22(11-13-23)17(24)9-6-14-4-2-3-5-14/h7-8,14H,2-6,9-13H2,1H3,(H,19,20,25). The number of amides is 3. The highest BCUT2D eigenvalue weighted by Crippen LogP contribution is 2.28. The zero-order valence-electron chi connectivity index (χ0n) is 15.3. The predicted molar refractivity (Wildman–Crippen MR) is 96.9 cm³/mol. The maximum absolute atomic E-state index is 12.4. The van der Waals surface area contributed by atoms with Gasteiger partial charge in [0.15, 0.2) is 5.82 Å². The number of hydrogen-bond donors (Lipinski definition) is 1. The third-order valence-electron chi connectivity index (χ3n) is 5.25. The predicted octanol–water partition coefficient (Wildman–Crippen LogP) is 2.13. The summed E-state index contributed by atoms with van der Waals surface area (Å²) in [5.41, 5.74) is 0. The van der Waals surface area contributed by atoms with Crippen molar-refractivity contribution < 1.29 is 14.3 Å². The molecule has 26 heavy (non-hydrogen) atoms. The van der Waals surface area contributed by atoms with E-state index in [1.54, 1.807) is 17.0 Å². The van der Waals surface area contributed by atoms with Crippen molar-refractivity contribution in [2.24, 2.45) is 5.92 Å². The Hall–Kier alpha value is -2.38. The van der Waals surface area contributed by atoms with Crippen molar-refractivity contribution in [1.29, 1.82) is 0 Å². The van der Waals surface area contributed by atoms with Crippen molar-refractivity contribution >= 4 is 17.8 Å². The van der Waals surface area contributed by atoms with Crippen molar-refractivity contribution in [1.82, 2.24) is 20.0 Å². The lowest BCUT2D eigenvalue weighted by molar-refractivity contribution is -0.132. The second kappa shape index (κ2) is 8.82. The van der Waals surface area contributed by atoms with Gasteiger partial charge in [-0.1, -0.05) is 25.7 Å². The Balaban J connectivity index is 1.40. The number of ether oxygens (including phenoxy) is 1. The molecule has 2 heterocycles. The Kier molecular flexibility index (Phi) is 6.25. The highest BCUT2D eigenvalue weighted by atomic mass is 16.5. The van der Waals surface area contributed by atoms with Crippen LogP contribution in [0, 0.1) is 5.92 Å². The van der Waals surface area contributed by atoms with Crippen molar-refractivity contribution in [3.05, 3.63) is 12.1 Å². The molecule has 1 saturated heterocycles. The summed E-state index contributed by atoms with van der Waals surface area (Å²) in [5.74, 6) is 1.73. The van der Waals surface area contributed by atoms with Crippen LogP contribution in [-0.2, 0) is 4.79 Å². The molecular formula is C18H27N5O3. The number of methoxy groups -OCH3 is 1. The molecule has 0 atom stereocenters. The molecule has 0 radical (unpaired) electrons. The van der Waals surface area contributed by atoms with E-state index in [9.17, 15) is 9.59 Å². The van der Waals surface area contributed by atoms with Gasteiger partial charge < -0.3 is 14.5 Å². The van der Waals surface area contributed by atoms with Crippen LogP contribution in [0.2, 0.25) is 0 Å². The molecule has 2 fully saturated rings. The number of hydrogen-bond acceptors (Lipinski definition) is 5. The number of carbonyl (C=O) groups is 2. The third kappa shape index (κ3) is 4.83. The molecule has 1 aromatic heterocycles. The van der Waals surface area contributed by atoms with E-state index in [4.69, 9.17) is 4.74 Å². The fraction of sp³-hybridized carbons (Fsp3) is 0.667. The molecule has 1 aliphatic carbocycles. The van der Waals surface area contributed by atoms with E-state index in [1.807, 2.05) is 4.90 Å². The Morgan fingerprint density at radius 3 is 2.42 bits per heavy atom. The molecule has 0 aromatic carbocycles. The smallest absolute Gasteiger partial charge is 0.323 e. The average Bonchev–Trinajstić information content (AvgIpc) is 3.20. The Morgan fingerprint density at radius 2 is 1.81 bits per heavy atom. The van der Waals surface area contributed by atoms with Gasteiger partial charge in [-0.05, 0) is 18.4 Å². The van der Waals surface area contributed by atoms with Crippen LogP contribution in [0.4, 0.5) is 10.6 Å². The van der Waals surface area contributed by atoms with Crippen LogP contribution in [0.15, 0.2) is 12.1 Å². The fourth-order valence-corrected chi connectivity index (χ4v) is 3.63. The summed E-state index contributed by atoms with van der Waals surface area (Å²) >= 11 is 0. The number of nitrogens with one attached hydrogen (secondary N) is 1. The van der Waals surface area contributed by atoms with Gasteiger partial charge in [0, 0.05) is 38.7 Å². The lowest BCUT2D eigenvalue weighted by Crippen LogP contribution is -2.51. The van der Waals surface area contributed by atoms with E-state index in [1.165, 1.54) is 32.8 Å². The Labute approximate surface area is 153 Å². The molecule has 2 aliphatic rings. The summed E-state index contributed by atoms with van der Waals surface area (Å²) in [4.78, 5) is 28.3. The van der Waals surface area contributed by atoms with Crippen molar-refractivity contribution in [3.8, 4) is 5.88 Å². The molecule has 0 spiro atoms. The van der Waals surface area contributed by atoms with Crippen LogP contribution in [-0.4, -0.2) is 65.2 Å². The van der Waals surface area contributed by atoms with Crippen molar-refractivity contribution in [2.75, 3.05) is 38.6 Å². The van der Waals surface area contributed by atoms with Crippen LogP contribution in [0.25, 0.3) is 0 Å². The fourth-order valence-electron chi connectivity index (χ4n) is 3.63. The first kappa shape index (κ1) is 18.4. The molecule has 8 heteroatoms. The lowest BCUT2D eigenvalue weighted by atomic mass is 10.0. The van der Waals surface area contributed by atoms with E-state index in [0.717, 1.165) is 12.3 Å². The first-order valence-electron chi connectivity index (χ1n) is 9.37. The molecule has 1 aromatic rings. The second-order valence-electron chi connectivity index (χ2n) is 6.95. The number of carbonyl (C=O) groups excluding carboxylic acids is 2. The number of aromatic nitrogens is 2. The van der Waals surface area contributed by atoms with Crippen LogP contribution >= 0.6 is 0 Å². The summed E-state index contributed by atoms with van der Waals surface area (Å²) in [6, 6.07) is 3.07. The monoisotopic (exact) mass is 361 g/mol. The zero-order valence-corrected chi connectivity index (χ0v) is 15.3. The van der Waals surface area contributed by atoms with Gasteiger partial charge in [0.05, 0.1) is 7.11 Å². The highest BCUT2D eigenvalue weighted by Gasteiger charge is 2.25. The van der Waals surface area contributed by atoms with Gasteiger partial charge in [-0.15, -0.1) is 10.2 Å². The first-order valence-corrected chi connectivity index (χ1v) is 9.37. The van der Waals surface area contributed by atoms with Crippen molar-refractivity contribution in [2.45, 2.75) is 38.5 Å². The Bertz CT molecular complexity index is 608. The van der Waals surface area contributed by atoms with E-state index >= 15 is 0 Å². The lowest BCUT2D eigenvalue weighted by Gasteiger charge is -2.34. The first-order chi connectivity index (χ1) is 12.7. The van der Waals surface area contributed by atoms with E-state index in [0.29, 0.717) is 44.3 Å². The number of urea groups is 1. The van der Waals surface area contributed by atoms with Gasteiger partial charge in [-0.25, -0.2) is 4.79 Å². The van der Waals surface area contributed by atoms with Gasteiger partial charge in [-0.2, -0.15) is 0 Å². The molecule has 0 bridgehead atoms. The maximum atomic E-state index is 12.4. The molecule has 1 aliphatic heterocycles. The molecule has 1 saturated carbocycles. The number of anilines is 1. The van der Waals surface area contributed by atoms with Gasteiger partial charge >= 0.3 is 6.03 Å². The third-order valence-corrected chi connectivity index (χ3v) is 5.25. The normalized spacial score (nSPS) is 18.0. The summed E-state index contributed by atoms with van der Waals surface area (Å²) in [6.07, 6.45) is 6.81. The summed E-state index contributed by atoms with van der Waals surface area (Å²) in [6.45, 7) is 2.24. The molecule has 1 N–H and O–H groups in total. The van der Waals surface area contributed by atoms with E-state index < -0.39 is 0 Å². The largest absolute Gasteiger partial charge is 0.480 e. The van der Waals surface area contributed by atoms with Gasteiger partial charge in [0.25, 0.3) is 0 Å². The molecular weight excluding hydrogens is 334 g/mol. The number of piperazine rings is 1. The minimum absolute atomic E-state index is 0.220. The van der Waals surface area contributed by atoms with Crippen molar-refractivity contribution in [3.63, 3.8) is 0 Å². The molecule has 3 rings (SSSR count). The molecule has 3 amide bonds. The number of rotatable bonds is 5. The zero-order chi connectivity index (χ0) is 18.4. The topological polar surface area (TPSA) is 87.7 Å². The summed E-state index contributed by atoms with van der Waals surface area (Å²) in [5, 5.41) is 10.4. The average molecular weight is 361 g/mol. The molecule has 142 valence electrons. The van der Waals surface area contributed by atoms with Crippen LogP contribution in [0.1, 0.15) is 38.5 Å². The van der Waals surface area contributed by atoms with Gasteiger partial charge in [0.2, 0.25) is 11.8 Å². The SMILES string of the molecule is COc1ccc(NC(=O)N2CCN(C(=O)CCC3CCCC3)CC2)nn1. The number of nitrogens with zero attached hydrogens (tertiary/aromatic N) is 4. The summed E-state index contributed by atoms with van der Waals surface area (Å²) < 4.78 is 4.94. The Morgan fingerprint density at radius 1 is 1.12 bits per heavy atom. The minimum atomic E-state index is -0.220. The van der Waals surface area contributed by atoms with Gasteiger partial charge in [0.1, 0.15) is 0 Å². The maximum Gasteiger partial charge on any atom is 0.323 e. The van der Waals surface area contributed by atoms with E-state index in [2.05, 4.69) is 15.5 Å². The van der Waals surface area contributed by atoms with E-state index in [-0.39, 0.29) is 11.9 Å². The minimum Gasteiger partial charge on any atom is -0.480 e. The molecule has 8 nitrogen and oxygen atoms in total. The molecule has 0 unspecified atom stereocenters. The van der Waals surface area contributed by atoms with Crippen LogP contribution in [0.5, 0.6) is 5.88 Å². The van der Waals surface area contributed by atoms with Crippen LogP contribution < -0.4 is 10.1 Å².